The zero-order valence-corrected chi connectivity index (χ0v) is 11.7. The van der Waals surface area contributed by atoms with Gasteiger partial charge in [-0.05, 0) is 51.0 Å². The first-order valence-corrected chi connectivity index (χ1v) is 7.45. The Balaban J connectivity index is 2.42. The molecule has 6 heteroatoms. The van der Waals surface area contributed by atoms with E-state index in [2.05, 4.69) is 4.72 Å². The summed E-state index contributed by atoms with van der Waals surface area (Å²) in [5.74, 6) is 0. The third-order valence-corrected chi connectivity index (χ3v) is 4.74. The molecule has 0 saturated carbocycles. The Morgan fingerprint density at radius 3 is 2.72 bits per heavy atom. The molecular weight excluding hydrogens is 250 g/mol. The average Bonchev–Trinajstić information content (AvgIpc) is 2.51. The molecule has 1 unspecified atom stereocenters. The van der Waals surface area contributed by atoms with Gasteiger partial charge in [0.15, 0.2) is 0 Å². The fourth-order valence-electron chi connectivity index (χ4n) is 2.34. The van der Waals surface area contributed by atoms with E-state index in [1.807, 2.05) is 26.8 Å². The van der Waals surface area contributed by atoms with Gasteiger partial charge in [-0.1, -0.05) is 0 Å². The number of hydrogen-bond acceptors (Lipinski definition) is 3. The Kier molecular flexibility index (Phi) is 3.25. The van der Waals surface area contributed by atoms with Crippen molar-refractivity contribution in [3.05, 3.63) is 23.8 Å². The molecule has 0 amide bonds. The summed E-state index contributed by atoms with van der Waals surface area (Å²) in [5, 5.41) is 0. The molecule has 18 heavy (non-hydrogen) atoms. The first kappa shape index (κ1) is 13.2. The molecule has 3 N–H and O–H groups in total. The van der Waals surface area contributed by atoms with Crippen molar-refractivity contribution in [1.29, 1.82) is 0 Å². The van der Waals surface area contributed by atoms with Crippen molar-refractivity contribution in [1.82, 2.24) is 4.72 Å². The Labute approximate surface area is 108 Å². The zero-order valence-electron chi connectivity index (χ0n) is 10.8. The maximum atomic E-state index is 12.3. The summed E-state index contributed by atoms with van der Waals surface area (Å²) < 4.78 is 28.6. The van der Waals surface area contributed by atoms with Crippen LogP contribution < -0.4 is 14.8 Å². The van der Waals surface area contributed by atoms with Crippen LogP contribution in [0.3, 0.4) is 0 Å². The monoisotopic (exact) mass is 269 g/mol. The molecule has 5 nitrogen and oxygen atoms in total. The number of nitrogens with zero attached hydrogens (tertiary/aromatic N) is 1. The van der Waals surface area contributed by atoms with Gasteiger partial charge in [-0.3, -0.25) is 4.31 Å². The summed E-state index contributed by atoms with van der Waals surface area (Å²) in [7, 11) is -3.49. The smallest absolute Gasteiger partial charge is 0.302 e. The average molecular weight is 269 g/mol. The molecule has 0 fully saturated rings. The summed E-state index contributed by atoms with van der Waals surface area (Å²) in [6.07, 6.45) is 0.694. The van der Waals surface area contributed by atoms with Crippen LogP contribution in [0.4, 0.5) is 11.4 Å². The van der Waals surface area contributed by atoms with Crippen LogP contribution in [0.5, 0.6) is 0 Å². The van der Waals surface area contributed by atoms with E-state index in [1.54, 1.807) is 12.1 Å². The highest BCUT2D eigenvalue weighted by molar-refractivity contribution is 7.91. The predicted molar refractivity (Wildman–Crippen MR) is 73.7 cm³/mol. The van der Waals surface area contributed by atoms with E-state index >= 15 is 0 Å². The lowest BCUT2D eigenvalue weighted by atomic mass is 10.1. The Bertz CT molecular complexity index is 554. The lowest BCUT2D eigenvalue weighted by Gasteiger charge is -2.25. The van der Waals surface area contributed by atoms with Gasteiger partial charge < -0.3 is 5.73 Å². The first-order valence-electron chi connectivity index (χ1n) is 6.01. The second-order valence-corrected chi connectivity index (χ2v) is 6.59. The number of hydrogen-bond donors (Lipinski definition) is 2. The molecule has 2 rings (SSSR count). The van der Waals surface area contributed by atoms with E-state index in [9.17, 15) is 8.42 Å². The minimum atomic E-state index is -3.49. The van der Waals surface area contributed by atoms with Gasteiger partial charge in [0.05, 0.1) is 5.69 Å². The fraction of sp³-hybridized carbons (Fsp3) is 0.500. The Morgan fingerprint density at radius 1 is 1.44 bits per heavy atom. The third-order valence-electron chi connectivity index (χ3n) is 2.90. The second kappa shape index (κ2) is 4.44. The molecule has 0 spiro atoms. The van der Waals surface area contributed by atoms with Crippen molar-refractivity contribution >= 4 is 21.6 Å². The van der Waals surface area contributed by atoms with Crippen LogP contribution in [0.15, 0.2) is 18.2 Å². The highest BCUT2D eigenvalue weighted by Gasteiger charge is 2.35. The quantitative estimate of drug-likeness (QED) is 0.811. The van der Waals surface area contributed by atoms with Crippen LogP contribution >= 0.6 is 0 Å². The summed E-state index contributed by atoms with van der Waals surface area (Å²) >= 11 is 0. The van der Waals surface area contributed by atoms with Crippen molar-refractivity contribution in [2.45, 2.75) is 39.3 Å². The van der Waals surface area contributed by atoms with Crippen molar-refractivity contribution in [2.75, 3.05) is 10.0 Å². The largest absolute Gasteiger partial charge is 0.399 e. The van der Waals surface area contributed by atoms with E-state index < -0.39 is 10.2 Å². The molecule has 0 aromatic heterocycles. The predicted octanol–water partition coefficient (Wildman–Crippen LogP) is 1.26. The molecule has 0 aliphatic carbocycles. The molecule has 100 valence electrons. The van der Waals surface area contributed by atoms with Gasteiger partial charge in [0, 0.05) is 17.8 Å². The summed E-state index contributed by atoms with van der Waals surface area (Å²) in [6.45, 7) is 5.51. The highest BCUT2D eigenvalue weighted by atomic mass is 32.2. The van der Waals surface area contributed by atoms with Crippen LogP contribution in [0, 0.1) is 0 Å². The lowest BCUT2D eigenvalue weighted by Crippen LogP contribution is -2.46. The summed E-state index contributed by atoms with van der Waals surface area (Å²) in [5.41, 5.74) is 8.10. The third kappa shape index (κ3) is 2.30. The zero-order chi connectivity index (χ0) is 13.5. The number of rotatable bonds is 3. The molecule has 1 atom stereocenters. The molecule has 1 aromatic rings. The van der Waals surface area contributed by atoms with Gasteiger partial charge in [-0.15, -0.1) is 0 Å². The number of benzene rings is 1. The molecule has 1 aromatic carbocycles. The molecule has 0 saturated heterocycles. The van der Waals surface area contributed by atoms with E-state index in [-0.39, 0.29) is 12.1 Å². The van der Waals surface area contributed by atoms with Crippen molar-refractivity contribution in [3.8, 4) is 0 Å². The molecule has 0 bridgehead atoms. The van der Waals surface area contributed by atoms with Crippen molar-refractivity contribution in [3.63, 3.8) is 0 Å². The standard InChI is InChI=1S/C12H19N3O2S/c1-8(2)14-18(16,17)15-9(3)6-10-7-11(13)4-5-12(10)15/h4-5,7-9,14H,6,13H2,1-3H3. The highest BCUT2D eigenvalue weighted by Crippen LogP contribution is 2.35. The minimum Gasteiger partial charge on any atom is -0.399 e. The van der Waals surface area contributed by atoms with Gasteiger partial charge in [-0.2, -0.15) is 13.1 Å². The molecule has 1 aliphatic heterocycles. The van der Waals surface area contributed by atoms with Crippen molar-refractivity contribution in [2.24, 2.45) is 0 Å². The van der Waals surface area contributed by atoms with Crippen LogP contribution in [-0.2, 0) is 16.6 Å². The fourth-order valence-corrected chi connectivity index (χ4v) is 4.04. The van der Waals surface area contributed by atoms with E-state index in [0.717, 1.165) is 11.3 Å². The number of nitrogens with one attached hydrogen (secondary N) is 1. The van der Waals surface area contributed by atoms with E-state index in [4.69, 9.17) is 5.73 Å². The maximum Gasteiger partial charge on any atom is 0.302 e. The van der Waals surface area contributed by atoms with Crippen LogP contribution in [0.1, 0.15) is 26.3 Å². The molecule has 1 heterocycles. The summed E-state index contributed by atoms with van der Waals surface area (Å²) in [4.78, 5) is 0. The van der Waals surface area contributed by atoms with Gasteiger partial charge in [-0.25, -0.2) is 0 Å². The van der Waals surface area contributed by atoms with Gasteiger partial charge in [0.2, 0.25) is 0 Å². The molecular formula is C12H19N3O2S. The maximum absolute atomic E-state index is 12.3. The Hall–Kier alpha value is -1.27. The van der Waals surface area contributed by atoms with Crippen LogP contribution in [0.25, 0.3) is 0 Å². The topological polar surface area (TPSA) is 75.4 Å². The van der Waals surface area contributed by atoms with Crippen LogP contribution in [0.2, 0.25) is 0 Å². The number of nitrogens with two attached hydrogens (primary N) is 1. The van der Waals surface area contributed by atoms with Crippen molar-refractivity contribution < 1.29 is 8.42 Å². The van der Waals surface area contributed by atoms with Gasteiger partial charge in [0.25, 0.3) is 0 Å². The SMILES string of the molecule is CC(C)NS(=O)(=O)N1c2ccc(N)cc2CC1C. The normalized spacial score (nSPS) is 19.3. The van der Waals surface area contributed by atoms with E-state index in [1.165, 1.54) is 4.31 Å². The first-order chi connectivity index (χ1) is 8.31. The lowest BCUT2D eigenvalue weighted by molar-refractivity contribution is 0.558. The number of fused-ring (bicyclic) bond motifs is 1. The molecule has 1 aliphatic rings. The minimum absolute atomic E-state index is 0.0851. The van der Waals surface area contributed by atoms with Crippen LogP contribution in [-0.4, -0.2) is 20.5 Å². The van der Waals surface area contributed by atoms with E-state index in [0.29, 0.717) is 12.1 Å². The molecule has 0 radical (unpaired) electrons. The number of anilines is 2. The van der Waals surface area contributed by atoms with Gasteiger partial charge >= 0.3 is 10.2 Å². The number of nitrogen functional groups attached to an aromatic ring is 1. The van der Waals surface area contributed by atoms with Gasteiger partial charge in [0.1, 0.15) is 0 Å². The Morgan fingerprint density at radius 2 is 2.11 bits per heavy atom. The second-order valence-electron chi connectivity index (χ2n) is 5.01. The summed E-state index contributed by atoms with van der Waals surface area (Å²) in [6, 6.07) is 5.14.